The third-order valence-corrected chi connectivity index (χ3v) is 2.17. The summed E-state index contributed by atoms with van der Waals surface area (Å²) in [5.41, 5.74) is 9.74. The summed E-state index contributed by atoms with van der Waals surface area (Å²) in [6, 6.07) is 1.95. The summed E-state index contributed by atoms with van der Waals surface area (Å²) >= 11 is 0. The van der Waals surface area contributed by atoms with Gasteiger partial charge in [-0.15, -0.1) is 0 Å². The molecule has 2 rings (SSSR count). The third-order valence-electron chi connectivity index (χ3n) is 2.17. The van der Waals surface area contributed by atoms with Crippen LogP contribution in [0.15, 0.2) is 18.5 Å². The van der Waals surface area contributed by atoms with Crippen molar-refractivity contribution in [3.63, 3.8) is 0 Å². The number of nitrogen functional groups attached to an aromatic ring is 1. The number of rotatable bonds is 1. The zero-order valence-corrected chi connectivity index (χ0v) is 7.91. The molecule has 0 aliphatic heterocycles. The standard InChI is InChI=1S/C10H13N3/c1-3-9-6-13-5-8(11)4-7(2)10(13)12-9/h4-6H,3,11H2,1-2H3. The first-order chi connectivity index (χ1) is 6.20. The highest BCUT2D eigenvalue weighted by atomic mass is 15.0. The topological polar surface area (TPSA) is 43.3 Å². The van der Waals surface area contributed by atoms with Crippen LogP contribution in [0, 0.1) is 6.92 Å². The number of imidazole rings is 1. The summed E-state index contributed by atoms with van der Waals surface area (Å²) in [5.74, 6) is 0. The summed E-state index contributed by atoms with van der Waals surface area (Å²) in [4.78, 5) is 4.48. The highest BCUT2D eigenvalue weighted by Gasteiger charge is 2.02. The molecule has 2 heterocycles. The second-order valence-corrected chi connectivity index (χ2v) is 3.27. The number of aryl methyl sites for hydroxylation is 2. The van der Waals surface area contributed by atoms with Gasteiger partial charge in [-0.3, -0.25) is 0 Å². The van der Waals surface area contributed by atoms with Gasteiger partial charge in [-0.1, -0.05) is 6.92 Å². The molecule has 0 unspecified atom stereocenters. The molecule has 0 fully saturated rings. The predicted octanol–water partition coefficient (Wildman–Crippen LogP) is 1.79. The van der Waals surface area contributed by atoms with Crippen LogP contribution in [-0.2, 0) is 6.42 Å². The van der Waals surface area contributed by atoms with Crippen molar-refractivity contribution in [3.8, 4) is 0 Å². The number of hydrogen-bond acceptors (Lipinski definition) is 2. The molecule has 0 aliphatic carbocycles. The van der Waals surface area contributed by atoms with Crippen molar-refractivity contribution >= 4 is 11.3 Å². The highest BCUT2D eigenvalue weighted by molar-refractivity contribution is 5.54. The molecule has 0 bridgehead atoms. The molecule has 0 atom stereocenters. The van der Waals surface area contributed by atoms with E-state index in [0.29, 0.717) is 0 Å². The molecule has 0 saturated carbocycles. The molecule has 2 aromatic heterocycles. The highest BCUT2D eigenvalue weighted by Crippen LogP contribution is 2.14. The molecular weight excluding hydrogens is 162 g/mol. The molecule has 0 saturated heterocycles. The minimum Gasteiger partial charge on any atom is -0.398 e. The normalized spacial score (nSPS) is 10.9. The van der Waals surface area contributed by atoms with Gasteiger partial charge in [0.1, 0.15) is 5.65 Å². The fourth-order valence-electron chi connectivity index (χ4n) is 1.52. The lowest BCUT2D eigenvalue weighted by atomic mass is 10.3. The fourth-order valence-corrected chi connectivity index (χ4v) is 1.52. The van der Waals surface area contributed by atoms with Gasteiger partial charge in [0, 0.05) is 18.1 Å². The molecule has 0 aromatic carbocycles. The van der Waals surface area contributed by atoms with Gasteiger partial charge in [0.2, 0.25) is 0 Å². The van der Waals surface area contributed by atoms with E-state index in [2.05, 4.69) is 11.9 Å². The van der Waals surface area contributed by atoms with Gasteiger partial charge < -0.3 is 10.1 Å². The Bertz CT molecular complexity index is 443. The first-order valence-corrected chi connectivity index (χ1v) is 4.44. The van der Waals surface area contributed by atoms with Crippen LogP contribution in [0.3, 0.4) is 0 Å². The van der Waals surface area contributed by atoms with Crippen molar-refractivity contribution in [1.29, 1.82) is 0 Å². The molecule has 0 amide bonds. The van der Waals surface area contributed by atoms with Gasteiger partial charge in [-0.2, -0.15) is 0 Å². The van der Waals surface area contributed by atoms with E-state index in [1.54, 1.807) is 0 Å². The Morgan fingerprint density at radius 2 is 2.23 bits per heavy atom. The number of pyridine rings is 1. The maximum atomic E-state index is 5.73. The van der Waals surface area contributed by atoms with Gasteiger partial charge in [0.15, 0.2) is 0 Å². The van der Waals surface area contributed by atoms with E-state index in [1.165, 1.54) is 0 Å². The Balaban J connectivity index is 2.75. The zero-order chi connectivity index (χ0) is 9.42. The lowest BCUT2D eigenvalue weighted by molar-refractivity contribution is 1.07. The predicted molar refractivity (Wildman–Crippen MR) is 53.7 cm³/mol. The molecule has 2 aromatic rings. The number of hydrogen-bond donors (Lipinski definition) is 1. The molecule has 2 N–H and O–H groups in total. The lowest BCUT2D eigenvalue weighted by Crippen LogP contribution is -1.92. The van der Waals surface area contributed by atoms with E-state index >= 15 is 0 Å². The van der Waals surface area contributed by atoms with Crippen LogP contribution in [0.5, 0.6) is 0 Å². The van der Waals surface area contributed by atoms with Crippen LogP contribution in [0.25, 0.3) is 5.65 Å². The van der Waals surface area contributed by atoms with Crippen LogP contribution in [0.1, 0.15) is 18.2 Å². The van der Waals surface area contributed by atoms with Crippen molar-refractivity contribution in [1.82, 2.24) is 9.38 Å². The quantitative estimate of drug-likeness (QED) is 0.718. The van der Waals surface area contributed by atoms with E-state index in [1.807, 2.05) is 29.8 Å². The Kier molecular flexibility index (Phi) is 1.72. The largest absolute Gasteiger partial charge is 0.398 e. The van der Waals surface area contributed by atoms with Gasteiger partial charge in [-0.05, 0) is 25.0 Å². The second kappa shape index (κ2) is 2.76. The number of nitrogens with zero attached hydrogens (tertiary/aromatic N) is 2. The van der Waals surface area contributed by atoms with Crippen molar-refractivity contribution in [3.05, 3.63) is 29.7 Å². The number of aromatic nitrogens is 2. The first kappa shape index (κ1) is 8.10. The van der Waals surface area contributed by atoms with Crippen molar-refractivity contribution in [2.45, 2.75) is 20.3 Å². The fraction of sp³-hybridized carbons (Fsp3) is 0.300. The van der Waals surface area contributed by atoms with Gasteiger partial charge in [0.25, 0.3) is 0 Å². The molecular formula is C10H13N3. The third kappa shape index (κ3) is 1.26. The lowest BCUT2D eigenvalue weighted by Gasteiger charge is -1.98. The van der Waals surface area contributed by atoms with E-state index < -0.39 is 0 Å². The molecule has 0 spiro atoms. The molecule has 0 aliphatic rings. The molecule has 0 radical (unpaired) electrons. The molecule has 3 nitrogen and oxygen atoms in total. The van der Waals surface area contributed by atoms with Gasteiger partial charge >= 0.3 is 0 Å². The number of nitrogens with two attached hydrogens (primary N) is 1. The average Bonchev–Trinajstić information content (AvgIpc) is 2.47. The van der Waals surface area contributed by atoms with E-state index in [4.69, 9.17) is 5.73 Å². The summed E-state index contributed by atoms with van der Waals surface area (Å²) in [5, 5.41) is 0. The monoisotopic (exact) mass is 175 g/mol. The van der Waals surface area contributed by atoms with Crippen LogP contribution in [0.4, 0.5) is 5.69 Å². The molecule has 68 valence electrons. The Labute approximate surface area is 77.2 Å². The summed E-state index contributed by atoms with van der Waals surface area (Å²) in [6.07, 6.45) is 4.88. The van der Waals surface area contributed by atoms with Crippen molar-refractivity contribution < 1.29 is 0 Å². The van der Waals surface area contributed by atoms with E-state index in [0.717, 1.165) is 29.0 Å². The zero-order valence-electron chi connectivity index (χ0n) is 7.91. The minimum atomic E-state index is 0.782. The Morgan fingerprint density at radius 3 is 2.92 bits per heavy atom. The van der Waals surface area contributed by atoms with Gasteiger partial charge in [0.05, 0.1) is 5.69 Å². The number of fused-ring (bicyclic) bond motifs is 1. The van der Waals surface area contributed by atoms with E-state index in [-0.39, 0.29) is 0 Å². The maximum Gasteiger partial charge on any atom is 0.140 e. The smallest absolute Gasteiger partial charge is 0.140 e. The van der Waals surface area contributed by atoms with E-state index in [9.17, 15) is 0 Å². The van der Waals surface area contributed by atoms with Crippen molar-refractivity contribution in [2.75, 3.05) is 5.73 Å². The second-order valence-electron chi connectivity index (χ2n) is 3.27. The molecule has 13 heavy (non-hydrogen) atoms. The SMILES string of the molecule is CCc1cn2cc(N)cc(C)c2n1. The summed E-state index contributed by atoms with van der Waals surface area (Å²) < 4.78 is 1.99. The summed E-state index contributed by atoms with van der Waals surface area (Å²) in [7, 11) is 0. The molecule has 3 heteroatoms. The number of anilines is 1. The first-order valence-electron chi connectivity index (χ1n) is 4.44. The van der Waals surface area contributed by atoms with Crippen LogP contribution in [0.2, 0.25) is 0 Å². The Hall–Kier alpha value is -1.51. The van der Waals surface area contributed by atoms with Crippen LogP contribution < -0.4 is 5.73 Å². The minimum absolute atomic E-state index is 0.782. The summed E-state index contributed by atoms with van der Waals surface area (Å²) in [6.45, 7) is 4.12. The Morgan fingerprint density at radius 1 is 1.46 bits per heavy atom. The van der Waals surface area contributed by atoms with Crippen LogP contribution >= 0.6 is 0 Å². The van der Waals surface area contributed by atoms with Crippen molar-refractivity contribution in [2.24, 2.45) is 0 Å². The maximum absolute atomic E-state index is 5.73. The average molecular weight is 175 g/mol. The van der Waals surface area contributed by atoms with Crippen LogP contribution in [-0.4, -0.2) is 9.38 Å². The van der Waals surface area contributed by atoms with Gasteiger partial charge in [-0.25, -0.2) is 4.98 Å².